The Balaban J connectivity index is 1.73. The van der Waals surface area contributed by atoms with E-state index in [4.69, 9.17) is 11.6 Å². The highest BCUT2D eigenvalue weighted by Crippen LogP contribution is 2.29. The molecule has 1 amide bonds. The molecule has 1 aromatic heterocycles. The predicted molar refractivity (Wildman–Crippen MR) is 108 cm³/mol. The number of nitrogens with one attached hydrogen (secondary N) is 1. The number of carbonyl (C=O) groups is 1. The van der Waals surface area contributed by atoms with Crippen molar-refractivity contribution in [2.24, 2.45) is 7.05 Å². The lowest BCUT2D eigenvalue weighted by atomic mass is 10.2. The Hall–Kier alpha value is -2.98. The van der Waals surface area contributed by atoms with E-state index in [9.17, 15) is 19.3 Å². The second-order valence-corrected chi connectivity index (χ2v) is 7.76. The number of thioether (sulfide) groups is 1. The van der Waals surface area contributed by atoms with E-state index in [1.165, 1.54) is 30.3 Å². The number of anilines is 1. The van der Waals surface area contributed by atoms with Gasteiger partial charge in [-0.15, -0.1) is 10.2 Å². The molecule has 0 saturated heterocycles. The molecule has 0 bridgehead atoms. The number of nitro groups is 1. The van der Waals surface area contributed by atoms with Crippen molar-refractivity contribution in [3.8, 4) is 11.4 Å². The monoisotopic (exact) mass is 435 g/mol. The van der Waals surface area contributed by atoms with Crippen LogP contribution in [0.15, 0.2) is 47.6 Å². The fourth-order valence-electron chi connectivity index (χ4n) is 2.44. The minimum Gasteiger partial charge on any atom is -0.324 e. The van der Waals surface area contributed by atoms with Crippen LogP contribution >= 0.6 is 23.4 Å². The number of rotatable bonds is 6. The molecular weight excluding hydrogens is 421 g/mol. The van der Waals surface area contributed by atoms with Crippen LogP contribution in [0, 0.1) is 15.9 Å². The summed E-state index contributed by atoms with van der Waals surface area (Å²) in [6.45, 7) is 1.66. The van der Waals surface area contributed by atoms with Crippen molar-refractivity contribution in [1.82, 2.24) is 14.8 Å². The molecule has 0 radical (unpaired) electrons. The van der Waals surface area contributed by atoms with E-state index >= 15 is 0 Å². The van der Waals surface area contributed by atoms with Gasteiger partial charge in [0.05, 0.1) is 20.9 Å². The summed E-state index contributed by atoms with van der Waals surface area (Å²) in [4.78, 5) is 22.9. The summed E-state index contributed by atoms with van der Waals surface area (Å²) in [6.07, 6.45) is 0. The van der Waals surface area contributed by atoms with E-state index in [1.54, 1.807) is 30.7 Å². The van der Waals surface area contributed by atoms with E-state index in [1.807, 2.05) is 0 Å². The summed E-state index contributed by atoms with van der Waals surface area (Å²) in [7, 11) is 1.74. The van der Waals surface area contributed by atoms with Gasteiger partial charge < -0.3 is 9.88 Å². The van der Waals surface area contributed by atoms with Gasteiger partial charge in [0.1, 0.15) is 5.82 Å². The van der Waals surface area contributed by atoms with E-state index in [0.29, 0.717) is 16.5 Å². The third kappa shape index (κ3) is 4.72. The molecule has 1 heterocycles. The molecule has 1 atom stereocenters. The lowest BCUT2D eigenvalue weighted by molar-refractivity contribution is -0.384. The molecule has 29 heavy (non-hydrogen) atoms. The van der Waals surface area contributed by atoms with Crippen LogP contribution in [0.2, 0.25) is 5.02 Å². The molecule has 1 unspecified atom stereocenters. The van der Waals surface area contributed by atoms with Crippen molar-refractivity contribution < 1.29 is 14.1 Å². The first-order chi connectivity index (χ1) is 13.8. The first-order valence-electron chi connectivity index (χ1n) is 8.33. The number of aromatic nitrogens is 3. The highest BCUT2D eigenvalue weighted by atomic mass is 35.5. The summed E-state index contributed by atoms with van der Waals surface area (Å²) in [6, 6.07) is 9.65. The number of nitro benzene ring substituents is 1. The molecule has 0 aliphatic carbocycles. The number of hydrogen-bond acceptors (Lipinski definition) is 6. The SMILES string of the molecule is CC(Sc1nnc(-c2ccc(F)cc2)n1C)C(=O)Nc1cc([N+](=O)[O-])ccc1Cl. The fourth-order valence-corrected chi connectivity index (χ4v) is 3.42. The van der Waals surface area contributed by atoms with Crippen LogP contribution < -0.4 is 5.32 Å². The summed E-state index contributed by atoms with van der Waals surface area (Å²) in [5, 5.41) is 21.8. The van der Waals surface area contributed by atoms with Crippen LogP contribution in [0.25, 0.3) is 11.4 Å². The van der Waals surface area contributed by atoms with Gasteiger partial charge in [-0.3, -0.25) is 14.9 Å². The Morgan fingerprint density at radius 3 is 2.62 bits per heavy atom. The molecule has 1 N–H and O–H groups in total. The Kier molecular flexibility index (Phi) is 6.14. The van der Waals surface area contributed by atoms with Gasteiger partial charge in [-0.05, 0) is 37.3 Å². The summed E-state index contributed by atoms with van der Waals surface area (Å²) < 4.78 is 14.8. The third-order valence-electron chi connectivity index (χ3n) is 4.01. The van der Waals surface area contributed by atoms with Gasteiger partial charge in [0.25, 0.3) is 5.69 Å². The smallest absolute Gasteiger partial charge is 0.271 e. The number of nitrogens with zero attached hydrogens (tertiary/aromatic N) is 4. The predicted octanol–water partition coefficient (Wildman–Crippen LogP) is 4.30. The molecule has 11 heteroatoms. The summed E-state index contributed by atoms with van der Waals surface area (Å²) in [5.41, 5.74) is 0.666. The molecule has 2 aromatic carbocycles. The topological polar surface area (TPSA) is 103 Å². The van der Waals surface area contributed by atoms with Crippen molar-refractivity contribution >= 4 is 40.6 Å². The molecule has 3 rings (SSSR count). The zero-order valence-corrected chi connectivity index (χ0v) is 16.9. The maximum Gasteiger partial charge on any atom is 0.271 e. The molecule has 150 valence electrons. The highest BCUT2D eigenvalue weighted by molar-refractivity contribution is 8.00. The van der Waals surface area contributed by atoms with E-state index in [0.717, 1.165) is 11.8 Å². The van der Waals surface area contributed by atoms with E-state index in [-0.39, 0.29) is 22.2 Å². The standard InChI is InChI=1S/C18H15ClFN5O3S/c1-10(17(26)21-15-9-13(25(27)28)7-8-14(15)19)29-18-23-22-16(24(18)2)11-3-5-12(20)6-4-11/h3-10H,1-2H3,(H,21,26). The molecule has 0 spiro atoms. The van der Waals surface area contributed by atoms with Gasteiger partial charge in [-0.1, -0.05) is 23.4 Å². The second kappa shape index (κ2) is 8.58. The summed E-state index contributed by atoms with van der Waals surface area (Å²) >= 11 is 7.18. The lowest BCUT2D eigenvalue weighted by Gasteiger charge is -2.12. The van der Waals surface area contributed by atoms with Crippen molar-refractivity contribution in [2.45, 2.75) is 17.3 Å². The van der Waals surface area contributed by atoms with Crippen molar-refractivity contribution in [2.75, 3.05) is 5.32 Å². The maximum absolute atomic E-state index is 13.1. The Bertz CT molecular complexity index is 1070. The Labute approximate surface area is 174 Å². The molecule has 0 saturated carbocycles. The van der Waals surface area contributed by atoms with Gasteiger partial charge in [-0.25, -0.2) is 4.39 Å². The Morgan fingerprint density at radius 2 is 1.97 bits per heavy atom. The molecule has 0 aliphatic rings. The number of carbonyl (C=O) groups excluding carboxylic acids is 1. The number of hydrogen-bond donors (Lipinski definition) is 1. The maximum atomic E-state index is 13.1. The number of amides is 1. The highest BCUT2D eigenvalue weighted by Gasteiger charge is 2.21. The number of halogens is 2. The van der Waals surface area contributed by atoms with Gasteiger partial charge in [-0.2, -0.15) is 0 Å². The first-order valence-corrected chi connectivity index (χ1v) is 9.59. The van der Waals surface area contributed by atoms with Crippen LogP contribution in [-0.2, 0) is 11.8 Å². The van der Waals surface area contributed by atoms with Crippen LogP contribution in [0.4, 0.5) is 15.8 Å². The number of non-ortho nitro benzene ring substituents is 1. The van der Waals surface area contributed by atoms with Crippen LogP contribution in [-0.4, -0.2) is 30.8 Å². The van der Waals surface area contributed by atoms with Crippen LogP contribution in [0.3, 0.4) is 0 Å². The minimum atomic E-state index is -0.589. The lowest BCUT2D eigenvalue weighted by Crippen LogP contribution is -2.23. The molecule has 0 fully saturated rings. The largest absolute Gasteiger partial charge is 0.324 e. The van der Waals surface area contributed by atoms with Crippen LogP contribution in [0.1, 0.15) is 6.92 Å². The van der Waals surface area contributed by atoms with Crippen molar-refractivity contribution in [3.63, 3.8) is 0 Å². The molecule has 8 nitrogen and oxygen atoms in total. The molecule has 3 aromatic rings. The average Bonchev–Trinajstić information content (AvgIpc) is 3.04. The summed E-state index contributed by atoms with van der Waals surface area (Å²) in [5.74, 6) is -0.221. The van der Waals surface area contributed by atoms with Crippen molar-refractivity contribution in [3.05, 3.63) is 63.4 Å². The van der Waals surface area contributed by atoms with Crippen molar-refractivity contribution in [1.29, 1.82) is 0 Å². The zero-order chi connectivity index (χ0) is 21.1. The van der Waals surface area contributed by atoms with E-state index in [2.05, 4.69) is 15.5 Å². The van der Waals surface area contributed by atoms with Gasteiger partial charge in [0, 0.05) is 24.7 Å². The van der Waals surface area contributed by atoms with Gasteiger partial charge in [0.15, 0.2) is 11.0 Å². The Morgan fingerprint density at radius 1 is 1.28 bits per heavy atom. The van der Waals surface area contributed by atoms with E-state index < -0.39 is 16.1 Å². The first kappa shape index (κ1) is 20.7. The molecule has 0 aliphatic heterocycles. The minimum absolute atomic E-state index is 0.156. The normalized spacial score (nSPS) is 11.9. The molecular formula is C18H15ClFN5O3S. The third-order valence-corrected chi connectivity index (χ3v) is 5.47. The zero-order valence-electron chi connectivity index (χ0n) is 15.3. The quantitative estimate of drug-likeness (QED) is 0.351. The second-order valence-electron chi connectivity index (χ2n) is 6.04. The average molecular weight is 436 g/mol. The van der Waals surface area contributed by atoms with Crippen LogP contribution in [0.5, 0.6) is 0 Å². The fraction of sp³-hybridized carbons (Fsp3) is 0.167. The van der Waals surface area contributed by atoms with Gasteiger partial charge in [0.2, 0.25) is 5.91 Å². The number of benzene rings is 2. The van der Waals surface area contributed by atoms with Gasteiger partial charge >= 0.3 is 0 Å².